The molecule has 10 heteroatoms. The topological polar surface area (TPSA) is 109 Å². The zero-order valence-electron chi connectivity index (χ0n) is 20.5. The van der Waals surface area contributed by atoms with Gasteiger partial charge >= 0.3 is 6.09 Å². The molecule has 0 unspecified atom stereocenters. The van der Waals surface area contributed by atoms with E-state index in [1.165, 1.54) is 29.6 Å². The van der Waals surface area contributed by atoms with Gasteiger partial charge in [-0.25, -0.2) is 18.2 Å². The summed E-state index contributed by atoms with van der Waals surface area (Å²) in [5.74, 6) is 6.16. The molecule has 1 fully saturated rings. The summed E-state index contributed by atoms with van der Waals surface area (Å²) in [7, 11) is -3.82. The predicted octanol–water partition coefficient (Wildman–Crippen LogP) is 3.53. The summed E-state index contributed by atoms with van der Waals surface area (Å²) in [5, 5.41) is 2.49. The van der Waals surface area contributed by atoms with Gasteiger partial charge in [-0.2, -0.15) is 4.31 Å². The van der Waals surface area contributed by atoms with Crippen LogP contribution in [0.1, 0.15) is 45.0 Å². The Morgan fingerprint density at radius 1 is 1.11 bits per heavy atom. The van der Waals surface area contributed by atoms with E-state index in [1.807, 2.05) is 17.0 Å². The summed E-state index contributed by atoms with van der Waals surface area (Å²) in [6.07, 6.45) is 0.545. The summed E-state index contributed by atoms with van der Waals surface area (Å²) in [5.41, 5.74) is 0.826. The van der Waals surface area contributed by atoms with Crippen molar-refractivity contribution in [2.24, 2.45) is 0 Å². The van der Waals surface area contributed by atoms with Crippen LogP contribution in [0.3, 0.4) is 0 Å². The molecule has 0 saturated carbocycles. The molecule has 0 aliphatic carbocycles. The Bertz CT molecular complexity index is 1240. The van der Waals surface area contributed by atoms with Crippen molar-refractivity contribution < 1.29 is 22.7 Å². The Hall–Kier alpha value is -3.42. The number of ketones is 1. The van der Waals surface area contributed by atoms with Gasteiger partial charge in [0, 0.05) is 37.1 Å². The van der Waals surface area contributed by atoms with Crippen LogP contribution in [0.4, 0.5) is 16.3 Å². The van der Waals surface area contributed by atoms with Crippen LogP contribution >= 0.6 is 0 Å². The quantitative estimate of drug-likeness (QED) is 0.496. The highest BCUT2D eigenvalue weighted by Crippen LogP contribution is 2.25. The van der Waals surface area contributed by atoms with Gasteiger partial charge in [-0.15, -0.1) is 5.92 Å². The van der Waals surface area contributed by atoms with E-state index < -0.39 is 21.7 Å². The molecule has 0 bridgehead atoms. The molecule has 2 heterocycles. The molecule has 1 aliphatic rings. The minimum absolute atomic E-state index is 0.0155. The van der Waals surface area contributed by atoms with Crippen molar-refractivity contribution in [3.63, 3.8) is 0 Å². The molecule has 0 spiro atoms. The molecule has 186 valence electrons. The molecular weight excluding hydrogens is 468 g/mol. The molecule has 1 aliphatic heterocycles. The van der Waals surface area contributed by atoms with Crippen molar-refractivity contribution in [2.45, 2.75) is 51.2 Å². The van der Waals surface area contributed by atoms with Crippen LogP contribution in [-0.4, -0.2) is 60.9 Å². The number of benzene rings is 1. The number of nitrogens with zero attached hydrogens (tertiary/aromatic N) is 3. The molecule has 1 aromatic carbocycles. The lowest BCUT2D eigenvalue weighted by atomic mass is 10.1. The highest BCUT2D eigenvalue weighted by molar-refractivity contribution is 7.89. The molecule has 1 amide bonds. The van der Waals surface area contributed by atoms with E-state index in [-0.39, 0.29) is 35.6 Å². The number of amides is 1. The van der Waals surface area contributed by atoms with Crippen LogP contribution in [-0.2, 0) is 14.8 Å². The first kappa shape index (κ1) is 26.2. The van der Waals surface area contributed by atoms with Gasteiger partial charge in [0.2, 0.25) is 10.0 Å². The molecule has 1 N–H and O–H groups in total. The Morgan fingerprint density at radius 3 is 2.34 bits per heavy atom. The number of carbonyl (C=O) groups is 2. The van der Waals surface area contributed by atoms with E-state index in [0.29, 0.717) is 12.1 Å². The van der Waals surface area contributed by atoms with Gasteiger partial charge < -0.3 is 9.64 Å². The van der Waals surface area contributed by atoms with Gasteiger partial charge in [-0.1, -0.05) is 5.92 Å². The number of nitrogens with one attached hydrogen (secondary N) is 1. The number of pyridine rings is 1. The summed E-state index contributed by atoms with van der Waals surface area (Å²) in [6.45, 7) is 9.33. The Kier molecular flexibility index (Phi) is 7.83. The van der Waals surface area contributed by atoms with Gasteiger partial charge in [-0.05, 0) is 71.0 Å². The van der Waals surface area contributed by atoms with E-state index in [4.69, 9.17) is 4.74 Å². The number of carbonyl (C=O) groups excluding carboxylic acids is 2. The fourth-order valence-corrected chi connectivity index (χ4v) is 5.01. The lowest BCUT2D eigenvalue weighted by Crippen LogP contribution is -2.54. The van der Waals surface area contributed by atoms with E-state index in [2.05, 4.69) is 22.1 Å². The van der Waals surface area contributed by atoms with Crippen molar-refractivity contribution >= 4 is 33.4 Å². The number of sulfonamides is 1. The van der Waals surface area contributed by atoms with Crippen LogP contribution in [0.2, 0.25) is 0 Å². The number of rotatable bonds is 5. The van der Waals surface area contributed by atoms with Gasteiger partial charge in [0.1, 0.15) is 22.4 Å². The number of anilines is 2. The molecule has 1 saturated heterocycles. The fourth-order valence-electron chi connectivity index (χ4n) is 3.63. The average Bonchev–Trinajstić information content (AvgIpc) is 2.78. The largest absolute Gasteiger partial charge is 0.444 e. The molecule has 2 aromatic rings. The summed E-state index contributed by atoms with van der Waals surface area (Å²) in [6, 6.07) is 9.70. The third-order valence-electron chi connectivity index (χ3n) is 5.26. The summed E-state index contributed by atoms with van der Waals surface area (Å²) < 4.78 is 33.2. The number of piperazine rings is 1. The van der Waals surface area contributed by atoms with Crippen LogP contribution in [0.5, 0.6) is 0 Å². The monoisotopic (exact) mass is 498 g/mol. The Morgan fingerprint density at radius 2 is 1.80 bits per heavy atom. The van der Waals surface area contributed by atoms with Crippen molar-refractivity contribution in [1.29, 1.82) is 0 Å². The van der Waals surface area contributed by atoms with Crippen molar-refractivity contribution in [3.05, 3.63) is 48.2 Å². The minimum atomic E-state index is -3.82. The molecule has 0 radical (unpaired) electrons. The molecule has 1 aromatic heterocycles. The standard InChI is InChI=1S/C25H30N4O5S/c1-6-7-21-17-28(14-15-29(21)20-10-8-19(9-11-20)18(2)30)35(32,33)22-12-13-23(26-16-22)27-24(31)34-25(3,4)5/h8-13,16,21H,14-15,17H2,1-5H3,(H,26,27,31)/t21-/m0/s1. The van der Waals surface area contributed by atoms with Crippen molar-refractivity contribution in [3.8, 4) is 11.8 Å². The zero-order valence-corrected chi connectivity index (χ0v) is 21.3. The number of aromatic nitrogens is 1. The predicted molar refractivity (Wildman–Crippen MR) is 134 cm³/mol. The average molecular weight is 499 g/mol. The smallest absolute Gasteiger partial charge is 0.413 e. The normalized spacial score (nSPS) is 16.7. The second-order valence-corrected chi connectivity index (χ2v) is 11.0. The first-order valence-electron chi connectivity index (χ1n) is 11.2. The van der Waals surface area contributed by atoms with E-state index >= 15 is 0 Å². The SMILES string of the molecule is CC#C[C@H]1CN(S(=O)(=O)c2ccc(NC(=O)OC(C)(C)C)nc2)CCN1c1ccc(C(C)=O)cc1. The van der Waals surface area contributed by atoms with Gasteiger partial charge in [-0.3, -0.25) is 10.1 Å². The van der Waals surface area contributed by atoms with Crippen LogP contribution in [0.15, 0.2) is 47.5 Å². The van der Waals surface area contributed by atoms with Crippen molar-refractivity contribution in [2.75, 3.05) is 29.9 Å². The van der Waals surface area contributed by atoms with Gasteiger partial charge in [0.15, 0.2) is 5.78 Å². The number of ether oxygens (including phenoxy) is 1. The highest BCUT2D eigenvalue weighted by Gasteiger charge is 2.34. The van der Waals surface area contributed by atoms with E-state index in [9.17, 15) is 18.0 Å². The van der Waals surface area contributed by atoms with Crippen molar-refractivity contribution in [1.82, 2.24) is 9.29 Å². The summed E-state index contributed by atoms with van der Waals surface area (Å²) >= 11 is 0. The molecule has 35 heavy (non-hydrogen) atoms. The maximum Gasteiger partial charge on any atom is 0.413 e. The lowest BCUT2D eigenvalue weighted by Gasteiger charge is -2.39. The third kappa shape index (κ3) is 6.59. The number of hydrogen-bond acceptors (Lipinski definition) is 7. The Balaban J connectivity index is 1.74. The van der Waals surface area contributed by atoms with Gasteiger partial charge in [0.25, 0.3) is 0 Å². The fraction of sp³-hybridized carbons (Fsp3) is 0.400. The van der Waals surface area contributed by atoms with Gasteiger partial charge in [0.05, 0.1) is 0 Å². The first-order chi connectivity index (χ1) is 16.4. The maximum atomic E-state index is 13.3. The molecular formula is C25H30N4O5S. The lowest BCUT2D eigenvalue weighted by molar-refractivity contribution is 0.0635. The minimum Gasteiger partial charge on any atom is -0.444 e. The van der Waals surface area contributed by atoms with Crippen LogP contribution in [0.25, 0.3) is 0 Å². The van der Waals surface area contributed by atoms with E-state index in [1.54, 1.807) is 39.8 Å². The zero-order chi connectivity index (χ0) is 25.8. The number of hydrogen-bond donors (Lipinski definition) is 1. The molecule has 3 rings (SSSR count). The number of Topliss-reactive ketones (excluding diaryl/α,β-unsaturated/α-hetero) is 1. The van der Waals surface area contributed by atoms with Crippen LogP contribution in [0, 0.1) is 11.8 Å². The highest BCUT2D eigenvalue weighted by atomic mass is 32.2. The first-order valence-corrected chi connectivity index (χ1v) is 12.6. The second kappa shape index (κ2) is 10.5. The third-order valence-corrected chi connectivity index (χ3v) is 7.11. The summed E-state index contributed by atoms with van der Waals surface area (Å²) in [4.78, 5) is 29.6. The second-order valence-electron chi connectivity index (χ2n) is 9.08. The maximum absolute atomic E-state index is 13.3. The molecule has 1 atom stereocenters. The van der Waals surface area contributed by atoms with E-state index in [0.717, 1.165) is 5.69 Å². The molecule has 9 nitrogen and oxygen atoms in total. The van der Waals surface area contributed by atoms with Crippen LogP contribution < -0.4 is 10.2 Å². The Labute approximate surface area is 206 Å².